The molecule has 12 heavy (non-hydrogen) atoms. The van der Waals surface area contributed by atoms with E-state index >= 15 is 0 Å². The van der Waals surface area contributed by atoms with Crippen LogP contribution in [0.15, 0.2) is 0 Å². The van der Waals surface area contributed by atoms with Gasteiger partial charge >= 0.3 is 0 Å². The van der Waals surface area contributed by atoms with Gasteiger partial charge in [-0.15, -0.1) is 0 Å². The van der Waals surface area contributed by atoms with Crippen molar-refractivity contribution >= 4 is 7.26 Å². The average Bonchev–Trinajstić information content (AvgIpc) is 2.17. The van der Waals surface area contributed by atoms with Crippen molar-refractivity contribution in [3.05, 3.63) is 0 Å². The summed E-state index contributed by atoms with van der Waals surface area (Å²) in [7, 11) is -0.796. The molecule has 1 unspecified atom stereocenters. The molecular weight excluding hydrogens is 240 g/mol. The van der Waals surface area contributed by atoms with E-state index in [4.69, 9.17) is 1.37 Å². The van der Waals surface area contributed by atoms with Gasteiger partial charge in [0.2, 0.25) is 0 Å². The van der Waals surface area contributed by atoms with Crippen molar-refractivity contribution in [3.63, 3.8) is 0 Å². The Balaban J connectivity index is 0.00000144. The molecule has 2 heteroatoms. The fraction of sp³-hybridized carbons (Fsp3) is 1.00. The van der Waals surface area contributed by atoms with Gasteiger partial charge in [-0.05, 0) is 32.6 Å². The van der Waals surface area contributed by atoms with Crippen molar-refractivity contribution in [2.75, 3.05) is 24.6 Å². The summed E-state index contributed by atoms with van der Waals surface area (Å²) < 4.78 is 8.11. The molecule has 0 saturated carbocycles. The minimum Gasteiger partial charge on any atom is -0.0619 e. The van der Waals surface area contributed by atoms with Gasteiger partial charge in [0.1, 0.15) is 0 Å². The molecule has 0 aromatic rings. The molecule has 1 fully saturated rings. The van der Waals surface area contributed by atoms with Crippen molar-refractivity contribution in [2.24, 2.45) is 0 Å². The van der Waals surface area contributed by atoms with Gasteiger partial charge in [0.15, 0.2) is 0 Å². The molecule has 0 spiro atoms. The van der Waals surface area contributed by atoms with Crippen LogP contribution in [0.5, 0.6) is 0 Å². The van der Waals surface area contributed by atoms with Crippen LogP contribution in [0.4, 0.5) is 0 Å². The van der Waals surface area contributed by atoms with E-state index in [-0.39, 0.29) is 32.7 Å². The molecule has 1 atom stereocenters. The predicted octanol–water partition coefficient (Wildman–Crippen LogP) is 3.62. The van der Waals surface area contributed by atoms with Gasteiger partial charge in [0.25, 0.3) is 0 Å². The van der Waals surface area contributed by atoms with Crippen LogP contribution in [-0.4, -0.2) is 24.6 Å². The van der Waals surface area contributed by atoms with Gasteiger partial charge in [-0.1, -0.05) is 6.92 Å². The Hall–Kier alpha value is 1.53. The number of hydrogen-bond donors (Lipinski definition) is 0. The van der Waals surface area contributed by atoms with Crippen LogP contribution in [-0.2, 0) is 32.7 Å². The first-order valence-corrected chi connectivity index (χ1v) is 7.44. The maximum Gasteiger partial charge on any atom is 0.0708 e. The van der Waals surface area contributed by atoms with Crippen LogP contribution in [0, 0.1) is 0 Å². The Morgan fingerprint density at radius 2 is 1.75 bits per heavy atom. The summed E-state index contributed by atoms with van der Waals surface area (Å²) in [6.07, 6.45) is 9.82. The molecule has 0 aliphatic carbocycles. The van der Waals surface area contributed by atoms with Gasteiger partial charge in [0, 0.05) is 40.0 Å². The summed E-state index contributed by atoms with van der Waals surface area (Å²) >= 11 is 0. The fourth-order valence-electron chi connectivity index (χ4n) is 2.16. The molecule has 1 saturated heterocycles. The second kappa shape index (κ2) is 6.91. The molecule has 1 aliphatic heterocycles. The van der Waals surface area contributed by atoms with E-state index in [0.29, 0.717) is 6.14 Å². The Bertz CT molecular complexity index is 135. The van der Waals surface area contributed by atoms with Crippen LogP contribution in [0.2, 0.25) is 0 Å². The Morgan fingerprint density at radius 1 is 1.17 bits per heavy atom. The SMILES string of the molecule is [2H]C(CC)[P+]1(CC)CCCCC1.[Y]. The molecule has 0 amide bonds. The summed E-state index contributed by atoms with van der Waals surface area (Å²) in [4.78, 5) is 0. The van der Waals surface area contributed by atoms with Crippen molar-refractivity contribution in [3.8, 4) is 0 Å². The first-order chi connectivity index (χ1) is 5.75. The fourth-order valence-corrected chi connectivity index (χ4v) is 6.12. The molecule has 69 valence electrons. The molecule has 1 aliphatic rings. The third-order valence-corrected chi connectivity index (χ3v) is 7.72. The second-order valence-electron chi connectivity index (χ2n) is 3.63. The summed E-state index contributed by atoms with van der Waals surface area (Å²) in [5, 5.41) is 0. The van der Waals surface area contributed by atoms with Crippen LogP contribution in [0.25, 0.3) is 0 Å². The van der Waals surface area contributed by atoms with E-state index in [1.165, 1.54) is 37.7 Å². The molecule has 0 bridgehead atoms. The number of rotatable bonds is 3. The van der Waals surface area contributed by atoms with Crippen molar-refractivity contribution in [1.29, 1.82) is 0 Å². The minimum atomic E-state index is -0.796. The molecular formula is C10H22PY+. The molecule has 1 rings (SSSR count). The van der Waals surface area contributed by atoms with E-state index < -0.39 is 7.26 Å². The van der Waals surface area contributed by atoms with Gasteiger partial charge in [-0.25, -0.2) is 0 Å². The van der Waals surface area contributed by atoms with Crippen LogP contribution in [0.1, 0.15) is 40.9 Å². The minimum absolute atomic E-state index is 0. The smallest absolute Gasteiger partial charge is 0.0619 e. The van der Waals surface area contributed by atoms with E-state index in [2.05, 4.69) is 13.8 Å². The molecule has 0 aromatic carbocycles. The van der Waals surface area contributed by atoms with Crippen LogP contribution < -0.4 is 0 Å². The molecule has 0 N–H and O–H groups in total. The quantitative estimate of drug-likeness (QED) is 0.682. The first-order valence-electron chi connectivity index (χ1n) is 5.61. The molecule has 0 nitrogen and oxygen atoms in total. The molecule has 1 heterocycles. The molecule has 1 radical (unpaired) electrons. The Labute approximate surface area is 105 Å². The zero-order chi connectivity index (χ0) is 9.03. The van der Waals surface area contributed by atoms with E-state index in [9.17, 15) is 0 Å². The third kappa shape index (κ3) is 3.73. The summed E-state index contributed by atoms with van der Waals surface area (Å²) in [6.45, 7) is 4.50. The van der Waals surface area contributed by atoms with E-state index in [1.807, 2.05) is 0 Å². The zero-order valence-corrected chi connectivity index (χ0v) is 12.3. The monoisotopic (exact) mass is 263 g/mol. The van der Waals surface area contributed by atoms with Gasteiger partial charge in [0.05, 0.1) is 26.0 Å². The standard InChI is InChI=1S/C10H22P.Y/c1-3-8-11(4-2)9-6-5-7-10-11;/h3-10H2,1-2H3;/q+1;/i8D;. The average molecular weight is 263 g/mol. The van der Waals surface area contributed by atoms with Crippen molar-refractivity contribution in [2.45, 2.75) is 39.5 Å². The van der Waals surface area contributed by atoms with Gasteiger partial charge in [-0.3, -0.25) is 0 Å². The van der Waals surface area contributed by atoms with E-state index in [0.717, 1.165) is 6.42 Å². The number of hydrogen-bond acceptors (Lipinski definition) is 0. The third-order valence-electron chi connectivity index (χ3n) is 2.91. The summed E-state index contributed by atoms with van der Waals surface area (Å²) in [5.74, 6) is 0. The zero-order valence-electron chi connectivity index (χ0n) is 9.55. The van der Waals surface area contributed by atoms with E-state index in [1.54, 1.807) is 0 Å². The maximum absolute atomic E-state index is 8.11. The predicted molar refractivity (Wildman–Crippen MR) is 56.2 cm³/mol. The van der Waals surface area contributed by atoms with Crippen molar-refractivity contribution in [1.82, 2.24) is 0 Å². The van der Waals surface area contributed by atoms with Crippen LogP contribution in [0.3, 0.4) is 0 Å². The Morgan fingerprint density at radius 3 is 2.17 bits per heavy atom. The largest absolute Gasteiger partial charge is 0.0708 e. The normalized spacial score (nSPS) is 25.3. The molecule has 0 aromatic heterocycles. The first kappa shape index (κ1) is 11.6. The van der Waals surface area contributed by atoms with Gasteiger partial charge < -0.3 is 0 Å². The summed E-state index contributed by atoms with van der Waals surface area (Å²) in [6, 6.07) is 0. The topological polar surface area (TPSA) is 0 Å². The summed E-state index contributed by atoms with van der Waals surface area (Å²) in [5.41, 5.74) is 0. The van der Waals surface area contributed by atoms with Gasteiger partial charge in [-0.2, -0.15) is 0 Å². The second-order valence-corrected chi connectivity index (χ2v) is 7.96. The maximum atomic E-state index is 8.11. The Kier molecular flexibility index (Phi) is 6.68. The van der Waals surface area contributed by atoms with Crippen molar-refractivity contribution < 1.29 is 34.1 Å². The van der Waals surface area contributed by atoms with Crippen LogP contribution >= 0.6 is 7.26 Å².